The zero-order chi connectivity index (χ0) is 19.8. The number of hydrogen-bond acceptors (Lipinski definition) is 6. The van der Waals surface area contributed by atoms with Crippen LogP contribution in [0.3, 0.4) is 0 Å². The van der Waals surface area contributed by atoms with E-state index in [1.165, 1.54) is 14.2 Å². The molecule has 1 aliphatic rings. The van der Waals surface area contributed by atoms with Gasteiger partial charge in [-0.2, -0.15) is 0 Å². The highest BCUT2D eigenvalue weighted by molar-refractivity contribution is 6.30. The van der Waals surface area contributed by atoms with Crippen molar-refractivity contribution in [3.8, 4) is 11.6 Å². The maximum Gasteiger partial charge on any atom is 0.218 e. The van der Waals surface area contributed by atoms with Crippen LogP contribution in [0.1, 0.15) is 36.7 Å². The van der Waals surface area contributed by atoms with Gasteiger partial charge in [-0.1, -0.05) is 41.9 Å². The van der Waals surface area contributed by atoms with Crippen molar-refractivity contribution >= 4 is 11.6 Å². The molecule has 0 radical (unpaired) electrons. The van der Waals surface area contributed by atoms with Gasteiger partial charge in [0.1, 0.15) is 24.1 Å². The van der Waals surface area contributed by atoms with Crippen LogP contribution in [-0.2, 0) is 20.8 Å². The molecule has 1 atom stereocenters. The van der Waals surface area contributed by atoms with Crippen molar-refractivity contribution in [1.82, 2.24) is 4.98 Å². The third-order valence-corrected chi connectivity index (χ3v) is 4.83. The summed E-state index contributed by atoms with van der Waals surface area (Å²) in [5, 5.41) is 0.221. The highest BCUT2D eigenvalue weighted by Crippen LogP contribution is 2.36. The molecule has 3 rings (SSSR count). The Bertz CT molecular complexity index is 733. The summed E-state index contributed by atoms with van der Waals surface area (Å²) in [5.41, 5.74) is 1.56. The van der Waals surface area contributed by atoms with E-state index in [4.69, 9.17) is 35.3 Å². The van der Waals surface area contributed by atoms with Crippen molar-refractivity contribution in [1.29, 1.82) is 0 Å². The largest absolute Gasteiger partial charge is 0.488 e. The van der Waals surface area contributed by atoms with Gasteiger partial charge >= 0.3 is 0 Å². The van der Waals surface area contributed by atoms with E-state index in [1.54, 1.807) is 6.07 Å². The maximum atomic E-state index is 6.43. The monoisotopic (exact) mass is 407 g/mol. The molecule has 1 aliphatic heterocycles. The second kappa shape index (κ2) is 10.6. The first-order valence-electron chi connectivity index (χ1n) is 9.38. The van der Waals surface area contributed by atoms with E-state index in [-0.39, 0.29) is 11.3 Å². The van der Waals surface area contributed by atoms with Crippen LogP contribution >= 0.6 is 11.6 Å². The molecular weight excluding hydrogens is 382 g/mol. The smallest absolute Gasteiger partial charge is 0.218 e. The number of nitrogens with zero attached hydrogens (tertiary/aromatic N) is 1. The number of pyridine rings is 1. The third kappa shape index (κ3) is 5.58. The van der Waals surface area contributed by atoms with E-state index < -0.39 is 6.29 Å². The van der Waals surface area contributed by atoms with Crippen LogP contribution < -0.4 is 9.47 Å². The number of benzene rings is 1. The molecule has 0 saturated carbocycles. The molecule has 0 N–H and O–H groups in total. The predicted molar refractivity (Wildman–Crippen MR) is 106 cm³/mol. The van der Waals surface area contributed by atoms with Crippen LogP contribution in [0.2, 0.25) is 5.15 Å². The van der Waals surface area contributed by atoms with Gasteiger partial charge in [0.15, 0.2) is 6.29 Å². The molecule has 0 bridgehead atoms. The van der Waals surface area contributed by atoms with Crippen LogP contribution in [0.4, 0.5) is 0 Å². The Morgan fingerprint density at radius 3 is 2.61 bits per heavy atom. The first kappa shape index (κ1) is 20.9. The van der Waals surface area contributed by atoms with E-state index in [9.17, 15) is 0 Å². The van der Waals surface area contributed by atoms with Crippen molar-refractivity contribution in [2.75, 3.05) is 27.4 Å². The molecule has 1 aromatic heterocycles. The third-order valence-electron chi connectivity index (χ3n) is 4.54. The van der Waals surface area contributed by atoms with Crippen molar-refractivity contribution in [2.24, 2.45) is 0 Å². The summed E-state index contributed by atoms with van der Waals surface area (Å²) in [6.07, 6.45) is 2.62. The molecule has 1 unspecified atom stereocenters. The lowest BCUT2D eigenvalue weighted by molar-refractivity contribution is -0.107. The van der Waals surface area contributed by atoms with Gasteiger partial charge in [0.05, 0.1) is 11.7 Å². The molecule has 2 heterocycles. The second-order valence-corrected chi connectivity index (χ2v) is 6.90. The van der Waals surface area contributed by atoms with E-state index >= 15 is 0 Å². The van der Waals surface area contributed by atoms with Gasteiger partial charge in [-0.25, -0.2) is 4.98 Å². The highest BCUT2D eigenvalue weighted by atomic mass is 35.5. The molecule has 7 heteroatoms. The van der Waals surface area contributed by atoms with Crippen LogP contribution in [-0.4, -0.2) is 38.5 Å². The van der Waals surface area contributed by atoms with Gasteiger partial charge in [0.25, 0.3) is 0 Å². The van der Waals surface area contributed by atoms with Crippen LogP contribution in [0.25, 0.3) is 0 Å². The zero-order valence-electron chi connectivity index (χ0n) is 16.2. The highest BCUT2D eigenvalue weighted by Gasteiger charge is 2.23. The minimum Gasteiger partial charge on any atom is -0.488 e. The van der Waals surface area contributed by atoms with Gasteiger partial charge in [0.2, 0.25) is 5.88 Å². The normalized spacial score (nSPS) is 16.9. The number of ether oxygens (including phenoxy) is 5. The number of aromatic nitrogens is 1. The molecule has 1 aromatic carbocycles. The standard InChI is InChI=1S/C21H26ClNO5/c1-24-21(25-2)19-17(27-13-15-8-4-3-5-9-15)12-18(23-20(19)22)28-14-16-10-6-7-11-26-16/h3-5,8-9,12,16,21H,6-7,10-11,13-14H2,1-2H3. The van der Waals surface area contributed by atoms with Crippen LogP contribution in [0.5, 0.6) is 11.6 Å². The summed E-state index contributed by atoms with van der Waals surface area (Å²) < 4.78 is 28.3. The van der Waals surface area contributed by atoms with Crippen LogP contribution in [0, 0.1) is 0 Å². The van der Waals surface area contributed by atoms with Gasteiger partial charge in [-0.05, 0) is 24.8 Å². The summed E-state index contributed by atoms with van der Waals surface area (Å²) >= 11 is 6.43. The van der Waals surface area contributed by atoms with E-state index in [0.29, 0.717) is 30.4 Å². The van der Waals surface area contributed by atoms with Crippen LogP contribution in [0.15, 0.2) is 36.4 Å². The average Bonchev–Trinajstić information content (AvgIpc) is 2.74. The molecule has 0 aliphatic carbocycles. The second-order valence-electron chi connectivity index (χ2n) is 6.54. The van der Waals surface area contributed by atoms with E-state index in [2.05, 4.69) is 4.98 Å². The maximum absolute atomic E-state index is 6.43. The molecule has 28 heavy (non-hydrogen) atoms. The van der Waals surface area contributed by atoms with Crippen molar-refractivity contribution in [2.45, 2.75) is 38.3 Å². The number of halogens is 1. The summed E-state index contributed by atoms with van der Waals surface area (Å²) in [6.45, 7) is 1.58. The average molecular weight is 408 g/mol. The van der Waals surface area contributed by atoms with E-state index in [0.717, 1.165) is 31.4 Å². The molecule has 1 saturated heterocycles. The van der Waals surface area contributed by atoms with E-state index in [1.807, 2.05) is 30.3 Å². The molecule has 6 nitrogen and oxygen atoms in total. The van der Waals surface area contributed by atoms with Crippen molar-refractivity contribution in [3.63, 3.8) is 0 Å². The summed E-state index contributed by atoms with van der Waals surface area (Å²) in [4.78, 5) is 4.34. The lowest BCUT2D eigenvalue weighted by Gasteiger charge is -2.23. The predicted octanol–water partition coefficient (Wildman–Crippen LogP) is 4.55. The minimum absolute atomic E-state index is 0.0772. The fraction of sp³-hybridized carbons (Fsp3) is 0.476. The first-order chi connectivity index (χ1) is 13.7. The molecule has 2 aromatic rings. The fourth-order valence-electron chi connectivity index (χ4n) is 3.07. The molecule has 0 amide bonds. The Hall–Kier alpha value is -1.86. The lowest BCUT2D eigenvalue weighted by Crippen LogP contribution is -2.26. The Morgan fingerprint density at radius 1 is 1.14 bits per heavy atom. The minimum atomic E-state index is -0.693. The van der Waals surface area contributed by atoms with Gasteiger partial charge in [-0.15, -0.1) is 0 Å². The van der Waals surface area contributed by atoms with Gasteiger partial charge in [0, 0.05) is 26.9 Å². The van der Waals surface area contributed by atoms with Gasteiger partial charge < -0.3 is 23.7 Å². The topological polar surface area (TPSA) is 59.0 Å². The molecule has 152 valence electrons. The summed E-state index contributed by atoms with van der Waals surface area (Å²) in [6, 6.07) is 11.6. The molecule has 0 spiro atoms. The SMILES string of the molecule is COC(OC)c1c(OCc2ccccc2)cc(OCC2CCCCO2)nc1Cl. The number of rotatable bonds is 9. The Morgan fingerprint density at radius 2 is 1.93 bits per heavy atom. The summed E-state index contributed by atoms with van der Waals surface area (Å²) in [7, 11) is 3.08. The Labute approximate surface area is 170 Å². The van der Waals surface area contributed by atoms with Crippen molar-refractivity contribution < 1.29 is 23.7 Å². The molecule has 1 fully saturated rings. The number of hydrogen-bond donors (Lipinski definition) is 0. The fourth-order valence-corrected chi connectivity index (χ4v) is 3.34. The first-order valence-corrected chi connectivity index (χ1v) is 9.76. The zero-order valence-corrected chi connectivity index (χ0v) is 17.0. The molecular formula is C21H26ClNO5. The lowest BCUT2D eigenvalue weighted by atomic mass is 10.1. The Kier molecular flexibility index (Phi) is 7.91. The number of methoxy groups -OCH3 is 2. The summed E-state index contributed by atoms with van der Waals surface area (Å²) in [5.74, 6) is 0.897. The van der Waals surface area contributed by atoms with Gasteiger partial charge in [-0.3, -0.25) is 0 Å². The Balaban J connectivity index is 1.78. The quantitative estimate of drug-likeness (QED) is 0.449. The van der Waals surface area contributed by atoms with Crippen molar-refractivity contribution in [3.05, 3.63) is 52.7 Å².